The highest BCUT2D eigenvalue weighted by atomic mass is 32.2. The van der Waals surface area contributed by atoms with Gasteiger partial charge < -0.3 is 10.1 Å². The van der Waals surface area contributed by atoms with E-state index >= 15 is 0 Å². The molecule has 0 unspecified atom stereocenters. The van der Waals surface area contributed by atoms with Crippen molar-refractivity contribution in [3.63, 3.8) is 0 Å². The molecule has 0 atom stereocenters. The van der Waals surface area contributed by atoms with Gasteiger partial charge in [0.2, 0.25) is 5.91 Å². The zero-order chi connectivity index (χ0) is 20.2. The Kier molecular flexibility index (Phi) is 5.73. The minimum atomic E-state index is -0.0746. The van der Waals surface area contributed by atoms with E-state index in [0.717, 1.165) is 27.9 Å². The van der Waals surface area contributed by atoms with Gasteiger partial charge in [-0.05, 0) is 19.1 Å². The summed E-state index contributed by atoms with van der Waals surface area (Å²) in [7, 11) is 1.60. The fourth-order valence-electron chi connectivity index (χ4n) is 3.02. The molecule has 7 nitrogen and oxygen atoms in total. The number of hydrogen-bond acceptors (Lipinski definition) is 6. The smallest absolute Gasteiger partial charge is 0.230 e. The number of thioether (sulfide) groups is 1. The summed E-state index contributed by atoms with van der Waals surface area (Å²) >= 11 is 1.34. The summed E-state index contributed by atoms with van der Waals surface area (Å²) < 4.78 is 6.89. The van der Waals surface area contributed by atoms with Crippen molar-refractivity contribution in [1.82, 2.24) is 24.9 Å². The van der Waals surface area contributed by atoms with Gasteiger partial charge in [0.05, 0.1) is 17.9 Å². The Morgan fingerprint density at radius 3 is 2.72 bits per heavy atom. The van der Waals surface area contributed by atoms with Gasteiger partial charge in [-0.25, -0.2) is 4.98 Å². The van der Waals surface area contributed by atoms with Crippen molar-refractivity contribution in [1.29, 1.82) is 0 Å². The Hall–Kier alpha value is -2.97. The lowest BCUT2D eigenvalue weighted by molar-refractivity contribution is -0.118. The van der Waals surface area contributed by atoms with Crippen molar-refractivity contribution in [2.24, 2.45) is 0 Å². The number of carbonyl (C=O) groups is 1. The number of benzene rings is 2. The maximum atomic E-state index is 12.1. The molecule has 8 heteroatoms. The van der Waals surface area contributed by atoms with Crippen LogP contribution >= 0.6 is 11.8 Å². The first kappa shape index (κ1) is 19.4. The molecular formula is C21H21N5O2S. The highest BCUT2D eigenvalue weighted by Gasteiger charge is 2.17. The molecule has 0 aliphatic heterocycles. The van der Waals surface area contributed by atoms with E-state index in [1.807, 2.05) is 40.8 Å². The molecule has 0 saturated carbocycles. The molecule has 1 amide bonds. The first-order chi connectivity index (χ1) is 14.2. The first-order valence-electron chi connectivity index (χ1n) is 9.26. The monoisotopic (exact) mass is 407 g/mol. The average Bonchev–Trinajstić information content (AvgIpc) is 3.17. The molecule has 0 fully saturated rings. The predicted octanol–water partition coefficient (Wildman–Crippen LogP) is 3.11. The normalized spacial score (nSPS) is 11.2. The van der Waals surface area contributed by atoms with Crippen molar-refractivity contribution in [2.75, 3.05) is 26.0 Å². The zero-order valence-corrected chi connectivity index (χ0v) is 17.1. The van der Waals surface area contributed by atoms with Gasteiger partial charge in [-0.15, -0.1) is 10.2 Å². The van der Waals surface area contributed by atoms with Crippen molar-refractivity contribution >= 4 is 34.2 Å². The second kappa shape index (κ2) is 8.59. The van der Waals surface area contributed by atoms with Crippen LogP contribution in [0.2, 0.25) is 0 Å². The minimum absolute atomic E-state index is 0.0746. The molecule has 0 saturated heterocycles. The number of nitrogens with one attached hydrogen (secondary N) is 1. The fraction of sp³-hybridized carbons (Fsp3) is 0.238. The van der Waals surface area contributed by atoms with Gasteiger partial charge in [0.1, 0.15) is 5.82 Å². The Labute approximate surface area is 172 Å². The topological polar surface area (TPSA) is 81.4 Å². The summed E-state index contributed by atoms with van der Waals surface area (Å²) in [5.74, 6) is 0.922. The third-order valence-corrected chi connectivity index (χ3v) is 5.42. The van der Waals surface area contributed by atoms with Crippen LogP contribution < -0.4 is 5.32 Å². The number of fused-ring (bicyclic) bond motifs is 3. The zero-order valence-electron chi connectivity index (χ0n) is 16.3. The quantitative estimate of drug-likeness (QED) is 0.374. The lowest BCUT2D eigenvalue weighted by Gasteiger charge is -2.10. The molecule has 0 radical (unpaired) electrons. The largest absolute Gasteiger partial charge is 0.383 e. The van der Waals surface area contributed by atoms with Crippen LogP contribution in [0.15, 0.2) is 53.7 Å². The van der Waals surface area contributed by atoms with Gasteiger partial charge in [-0.2, -0.15) is 0 Å². The number of rotatable bonds is 7. The summed E-state index contributed by atoms with van der Waals surface area (Å²) in [6, 6.07) is 16.1. The van der Waals surface area contributed by atoms with Crippen LogP contribution in [0.5, 0.6) is 0 Å². The molecule has 2 aromatic carbocycles. The number of methoxy groups -OCH3 is 1. The lowest BCUT2D eigenvalue weighted by atomic mass is 10.1. The van der Waals surface area contributed by atoms with E-state index in [2.05, 4.69) is 34.6 Å². The summed E-state index contributed by atoms with van der Waals surface area (Å²) in [5.41, 5.74) is 3.74. The Bertz CT molecular complexity index is 1160. The molecule has 0 aliphatic carbocycles. The molecule has 29 heavy (non-hydrogen) atoms. The predicted molar refractivity (Wildman–Crippen MR) is 114 cm³/mol. The molecule has 4 rings (SSSR count). The molecule has 4 aromatic rings. The minimum Gasteiger partial charge on any atom is -0.383 e. The third kappa shape index (κ3) is 4.08. The van der Waals surface area contributed by atoms with Gasteiger partial charge in [-0.3, -0.25) is 9.20 Å². The molecule has 0 aliphatic rings. The van der Waals surface area contributed by atoms with Gasteiger partial charge >= 0.3 is 0 Å². The van der Waals surface area contributed by atoms with Crippen molar-refractivity contribution in [3.8, 4) is 11.4 Å². The van der Waals surface area contributed by atoms with Crippen LogP contribution in [-0.2, 0) is 9.53 Å². The Morgan fingerprint density at radius 1 is 1.14 bits per heavy atom. The number of para-hydroxylation sites is 1. The van der Waals surface area contributed by atoms with Crippen molar-refractivity contribution in [2.45, 2.75) is 12.1 Å². The van der Waals surface area contributed by atoms with Crippen LogP contribution in [0.25, 0.3) is 27.9 Å². The van der Waals surface area contributed by atoms with Crippen LogP contribution in [0, 0.1) is 6.92 Å². The van der Waals surface area contributed by atoms with E-state index < -0.39 is 0 Å². The van der Waals surface area contributed by atoms with E-state index in [-0.39, 0.29) is 11.7 Å². The van der Waals surface area contributed by atoms with Crippen LogP contribution in [-0.4, -0.2) is 51.5 Å². The highest BCUT2D eigenvalue weighted by molar-refractivity contribution is 7.99. The first-order valence-corrected chi connectivity index (χ1v) is 10.3. The molecule has 148 valence electrons. The number of nitrogens with zero attached hydrogens (tertiary/aromatic N) is 4. The Balaban J connectivity index is 1.75. The van der Waals surface area contributed by atoms with E-state index in [9.17, 15) is 4.79 Å². The van der Waals surface area contributed by atoms with Gasteiger partial charge in [0.25, 0.3) is 0 Å². The van der Waals surface area contributed by atoms with Crippen LogP contribution in [0.1, 0.15) is 5.56 Å². The SMILES string of the molecule is COCCNC(=O)CSc1nnc2c3ccccc3nc(-c3ccc(C)cc3)n12. The average molecular weight is 407 g/mol. The summed E-state index contributed by atoms with van der Waals surface area (Å²) in [5, 5.41) is 13.1. The van der Waals surface area contributed by atoms with E-state index in [1.165, 1.54) is 17.3 Å². The fourth-order valence-corrected chi connectivity index (χ4v) is 3.79. The third-order valence-electron chi connectivity index (χ3n) is 4.49. The van der Waals surface area contributed by atoms with Crippen LogP contribution in [0.3, 0.4) is 0 Å². The molecular weight excluding hydrogens is 386 g/mol. The molecule has 2 aromatic heterocycles. The maximum absolute atomic E-state index is 12.1. The van der Waals surface area contributed by atoms with Crippen molar-refractivity contribution in [3.05, 3.63) is 54.1 Å². The summed E-state index contributed by atoms with van der Waals surface area (Å²) in [6.07, 6.45) is 0. The number of aryl methyl sites for hydroxylation is 1. The number of aromatic nitrogens is 4. The Morgan fingerprint density at radius 2 is 1.93 bits per heavy atom. The number of carbonyl (C=O) groups excluding carboxylic acids is 1. The maximum Gasteiger partial charge on any atom is 0.230 e. The number of ether oxygens (including phenoxy) is 1. The molecule has 0 spiro atoms. The summed E-state index contributed by atoms with van der Waals surface area (Å²) in [6.45, 7) is 3.02. The van der Waals surface area contributed by atoms with E-state index in [4.69, 9.17) is 9.72 Å². The van der Waals surface area contributed by atoms with Crippen LogP contribution in [0.4, 0.5) is 0 Å². The van der Waals surface area contributed by atoms with Gasteiger partial charge in [0.15, 0.2) is 10.8 Å². The molecule has 1 N–H and O–H groups in total. The standard InChI is InChI=1S/C21H21N5O2S/c1-14-7-9-15(10-8-14)19-23-17-6-4-3-5-16(17)20-24-25-21(26(19)20)29-13-18(27)22-11-12-28-2/h3-10H,11-13H2,1-2H3,(H,22,27). The van der Waals surface area contributed by atoms with Gasteiger partial charge in [0, 0.05) is 24.6 Å². The summed E-state index contributed by atoms with van der Waals surface area (Å²) in [4.78, 5) is 17.0. The van der Waals surface area contributed by atoms with E-state index in [1.54, 1.807) is 7.11 Å². The van der Waals surface area contributed by atoms with Gasteiger partial charge in [-0.1, -0.05) is 53.7 Å². The number of amides is 1. The second-order valence-corrected chi connectivity index (χ2v) is 7.53. The number of hydrogen-bond donors (Lipinski definition) is 1. The highest BCUT2D eigenvalue weighted by Crippen LogP contribution is 2.29. The second-order valence-electron chi connectivity index (χ2n) is 6.59. The van der Waals surface area contributed by atoms with E-state index in [0.29, 0.717) is 18.3 Å². The molecule has 2 heterocycles. The lowest BCUT2D eigenvalue weighted by Crippen LogP contribution is -2.28. The molecule has 0 bridgehead atoms. The van der Waals surface area contributed by atoms with Crippen molar-refractivity contribution < 1.29 is 9.53 Å².